The van der Waals surface area contributed by atoms with Gasteiger partial charge >= 0.3 is 0 Å². The van der Waals surface area contributed by atoms with Crippen LogP contribution in [0.3, 0.4) is 0 Å². The number of rotatable bonds is 6. The Hall–Kier alpha value is -2.06. The summed E-state index contributed by atoms with van der Waals surface area (Å²) in [5.74, 6) is 0.874. The van der Waals surface area contributed by atoms with E-state index in [-0.39, 0.29) is 5.91 Å². The quantitative estimate of drug-likeness (QED) is 0.859. The van der Waals surface area contributed by atoms with Crippen LogP contribution < -0.4 is 10.1 Å². The van der Waals surface area contributed by atoms with Crippen LogP contribution >= 0.6 is 0 Å². The average Bonchev–Trinajstić information content (AvgIpc) is 2.56. The first-order chi connectivity index (χ1) is 11.5. The molecule has 1 aromatic carbocycles. The summed E-state index contributed by atoms with van der Waals surface area (Å²) in [5.41, 5.74) is 0.243. The fraction of sp³-hybridized carbons (Fsp3) is 0.579. The van der Waals surface area contributed by atoms with E-state index in [0.29, 0.717) is 36.1 Å². The highest BCUT2D eigenvalue weighted by molar-refractivity contribution is 5.97. The predicted molar refractivity (Wildman–Crippen MR) is 92.9 cm³/mol. The van der Waals surface area contributed by atoms with Crippen molar-refractivity contribution in [2.75, 3.05) is 18.5 Å². The number of benzene rings is 1. The van der Waals surface area contributed by atoms with E-state index in [1.807, 2.05) is 13.8 Å². The van der Waals surface area contributed by atoms with Crippen LogP contribution in [0.1, 0.15) is 52.0 Å². The Morgan fingerprint density at radius 3 is 2.83 bits per heavy atom. The Bertz CT molecular complexity index is 620. The number of ether oxygens (including phenoxy) is 2. The van der Waals surface area contributed by atoms with Gasteiger partial charge in [-0.1, -0.05) is 13.3 Å². The van der Waals surface area contributed by atoms with E-state index in [1.165, 1.54) is 0 Å². The molecular weight excluding hydrogens is 304 g/mol. The lowest BCUT2D eigenvalue weighted by Crippen LogP contribution is -2.48. The Morgan fingerprint density at radius 1 is 1.42 bits per heavy atom. The second-order valence-corrected chi connectivity index (χ2v) is 6.34. The minimum atomic E-state index is -0.766. The maximum Gasteiger partial charge on any atom is 0.256 e. The molecule has 0 heterocycles. The summed E-state index contributed by atoms with van der Waals surface area (Å²) < 4.78 is 11.3. The van der Waals surface area contributed by atoms with Gasteiger partial charge in [-0.25, -0.2) is 0 Å². The molecule has 1 aromatic rings. The lowest BCUT2D eigenvalue weighted by Gasteiger charge is -2.38. The van der Waals surface area contributed by atoms with Crippen molar-refractivity contribution in [3.8, 4) is 11.8 Å². The molecule has 1 amide bonds. The van der Waals surface area contributed by atoms with Gasteiger partial charge in [0.2, 0.25) is 0 Å². The van der Waals surface area contributed by atoms with Gasteiger partial charge in [-0.15, -0.1) is 0 Å². The molecule has 1 N–H and O–H groups in total. The largest absolute Gasteiger partial charge is 0.492 e. The fourth-order valence-corrected chi connectivity index (χ4v) is 3.40. The zero-order valence-electron chi connectivity index (χ0n) is 14.7. The molecule has 0 bridgehead atoms. The summed E-state index contributed by atoms with van der Waals surface area (Å²) in [6, 6.07) is 7.23. The Labute approximate surface area is 144 Å². The molecule has 5 nitrogen and oxygen atoms in total. The van der Waals surface area contributed by atoms with Crippen molar-refractivity contribution in [2.24, 2.45) is 5.92 Å². The lowest BCUT2D eigenvalue weighted by molar-refractivity contribution is -0.147. The van der Waals surface area contributed by atoms with Gasteiger partial charge in [-0.3, -0.25) is 4.79 Å². The number of hydrogen-bond donors (Lipinski definition) is 1. The summed E-state index contributed by atoms with van der Waals surface area (Å²) in [4.78, 5) is 12.9. The van der Waals surface area contributed by atoms with Gasteiger partial charge in [-0.05, 0) is 57.2 Å². The molecular formula is C19H26N2O3. The molecule has 5 heteroatoms. The van der Waals surface area contributed by atoms with Crippen LogP contribution in [0.4, 0.5) is 5.69 Å². The SMILES string of the molecule is CCOc1ccc(NC(=O)C2(OCC)CCCC(C)C2)cc1C#N. The first-order valence-electron chi connectivity index (χ1n) is 8.67. The zero-order valence-corrected chi connectivity index (χ0v) is 14.7. The molecule has 2 rings (SSSR count). The van der Waals surface area contributed by atoms with Crippen molar-refractivity contribution in [1.82, 2.24) is 0 Å². The first kappa shape index (κ1) is 18.3. The van der Waals surface area contributed by atoms with Crippen LogP contribution in [0.25, 0.3) is 0 Å². The van der Waals surface area contributed by atoms with Gasteiger partial charge in [0.25, 0.3) is 5.91 Å². The van der Waals surface area contributed by atoms with Crippen molar-refractivity contribution >= 4 is 11.6 Å². The summed E-state index contributed by atoms with van der Waals surface area (Å²) in [5, 5.41) is 12.2. The van der Waals surface area contributed by atoms with Crippen molar-refractivity contribution in [1.29, 1.82) is 5.26 Å². The van der Waals surface area contributed by atoms with E-state index in [0.717, 1.165) is 25.7 Å². The van der Waals surface area contributed by atoms with Crippen LogP contribution in [-0.4, -0.2) is 24.7 Å². The molecule has 0 aliphatic heterocycles. The molecule has 2 atom stereocenters. The first-order valence-corrected chi connectivity index (χ1v) is 8.67. The third kappa shape index (κ3) is 4.07. The number of anilines is 1. The molecule has 2 unspecified atom stereocenters. The normalized spacial score (nSPS) is 23.3. The van der Waals surface area contributed by atoms with E-state index < -0.39 is 5.60 Å². The Balaban J connectivity index is 2.19. The smallest absolute Gasteiger partial charge is 0.256 e. The van der Waals surface area contributed by atoms with Crippen molar-refractivity contribution < 1.29 is 14.3 Å². The second-order valence-electron chi connectivity index (χ2n) is 6.34. The van der Waals surface area contributed by atoms with Gasteiger partial charge in [-0.2, -0.15) is 5.26 Å². The van der Waals surface area contributed by atoms with E-state index in [2.05, 4.69) is 18.3 Å². The highest BCUT2D eigenvalue weighted by Crippen LogP contribution is 2.36. The summed E-state index contributed by atoms with van der Waals surface area (Å²) in [7, 11) is 0. The van der Waals surface area contributed by atoms with Crippen LogP contribution in [-0.2, 0) is 9.53 Å². The minimum absolute atomic E-state index is 0.121. The highest BCUT2D eigenvalue weighted by Gasteiger charge is 2.42. The van der Waals surface area contributed by atoms with Gasteiger partial charge in [0.15, 0.2) is 0 Å². The molecule has 24 heavy (non-hydrogen) atoms. The number of carbonyl (C=O) groups is 1. The maximum atomic E-state index is 12.9. The van der Waals surface area contributed by atoms with Gasteiger partial charge in [0, 0.05) is 12.3 Å². The van der Waals surface area contributed by atoms with E-state index in [1.54, 1.807) is 18.2 Å². The van der Waals surface area contributed by atoms with Crippen molar-refractivity contribution in [3.05, 3.63) is 23.8 Å². The third-order valence-corrected chi connectivity index (χ3v) is 4.45. The number of carbonyl (C=O) groups excluding carboxylic acids is 1. The molecule has 1 aliphatic rings. The molecule has 1 fully saturated rings. The van der Waals surface area contributed by atoms with Gasteiger partial charge < -0.3 is 14.8 Å². The van der Waals surface area contributed by atoms with Crippen LogP contribution in [0, 0.1) is 17.2 Å². The molecule has 1 aliphatic carbocycles. The number of hydrogen-bond acceptors (Lipinski definition) is 4. The lowest BCUT2D eigenvalue weighted by atomic mass is 9.78. The Kier molecular flexibility index (Phi) is 6.22. The molecule has 1 saturated carbocycles. The maximum absolute atomic E-state index is 12.9. The van der Waals surface area contributed by atoms with E-state index >= 15 is 0 Å². The highest BCUT2D eigenvalue weighted by atomic mass is 16.5. The van der Waals surface area contributed by atoms with Crippen molar-refractivity contribution in [2.45, 2.75) is 52.1 Å². The second kappa shape index (κ2) is 8.16. The molecule has 0 radical (unpaired) electrons. The summed E-state index contributed by atoms with van der Waals surface area (Å²) in [6.45, 7) is 6.94. The molecule has 130 valence electrons. The van der Waals surface area contributed by atoms with E-state index in [4.69, 9.17) is 9.47 Å². The van der Waals surface area contributed by atoms with Crippen molar-refractivity contribution in [3.63, 3.8) is 0 Å². The topological polar surface area (TPSA) is 71.3 Å². The Morgan fingerprint density at radius 2 is 2.21 bits per heavy atom. The third-order valence-electron chi connectivity index (χ3n) is 4.45. The molecule has 0 saturated heterocycles. The monoisotopic (exact) mass is 330 g/mol. The summed E-state index contributed by atoms with van der Waals surface area (Å²) >= 11 is 0. The summed E-state index contributed by atoms with van der Waals surface area (Å²) in [6.07, 6.45) is 3.58. The van der Waals surface area contributed by atoms with Crippen LogP contribution in [0.2, 0.25) is 0 Å². The van der Waals surface area contributed by atoms with Crippen LogP contribution in [0.5, 0.6) is 5.75 Å². The number of nitrogens with zero attached hydrogens (tertiary/aromatic N) is 1. The zero-order chi connectivity index (χ0) is 17.6. The number of nitrogens with one attached hydrogen (secondary N) is 1. The standard InChI is InChI=1S/C19H26N2O3/c1-4-23-17-9-8-16(11-15(17)13-20)21-18(22)19(24-5-2)10-6-7-14(3)12-19/h8-9,11,14H,4-7,10,12H2,1-3H3,(H,21,22). The van der Waals surface area contributed by atoms with Crippen LogP contribution in [0.15, 0.2) is 18.2 Å². The van der Waals surface area contributed by atoms with Gasteiger partial charge in [0.05, 0.1) is 12.2 Å². The average molecular weight is 330 g/mol. The number of amides is 1. The molecule has 0 spiro atoms. The van der Waals surface area contributed by atoms with E-state index in [9.17, 15) is 10.1 Å². The fourth-order valence-electron chi connectivity index (χ4n) is 3.40. The van der Waals surface area contributed by atoms with Gasteiger partial charge in [0.1, 0.15) is 17.4 Å². The minimum Gasteiger partial charge on any atom is -0.492 e. The molecule has 0 aromatic heterocycles. The number of nitriles is 1. The predicted octanol–water partition coefficient (Wildman–Crippen LogP) is 3.88.